The number of aliphatic hydroxyl groups is 1. The molecule has 0 saturated heterocycles. The van der Waals surface area contributed by atoms with Crippen LogP contribution in [0.15, 0.2) is 91.4 Å². The fraction of sp³-hybridized carbons (Fsp3) is 0.115. The third kappa shape index (κ3) is 4.26. The van der Waals surface area contributed by atoms with Crippen LogP contribution in [0.25, 0.3) is 27.7 Å². The predicted octanol–water partition coefficient (Wildman–Crippen LogP) is 3.68. The highest BCUT2D eigenvalue weighted by atomic mass is 16.3. The highest BCUT2D eigenvalue weighted by molar-refractivity contribution is 5.99. The molecule has 2 aromatic heterocycles. The van der Waals surface area contributed by atoms with Crippen LogP contribution in [0, 0.1) is 0 Å². The number of hydrogen-bond acceptors (Lipinski definition) is 6. The lowest BCUT2D eigenvalue weighted by atomic mass is 9.98. The quantitative estimate of drug-likeness (QED) is 0.424. The first-order valence-electron chi connectivity index (χ1n) is 10.8. The van der Waals surface area contributed by atoms with E-state index in [-0.39, 0.29) is 12.5 Å². The van der Waals surface area contributed by atoms with Crippen LogP contribution in [0.3, 0.4) is 0 Å². The van der Waals surface area contributed by atoms with E-state index in [1.165, 1.54) is 15.9 Å². The van der Waals surface area contributed by atoms with Gasteiger partial charge in [-0.15, -0.1) is 5.10 Å². The second-order valence-electron chi connectivity index (χ2n) is 8.02. The van der Waals surface area contributed by atoms with E-state index in [1.54, 1.807) is 19.3 Å². The van der Waals surface area contributed by atoms with Crippen molar-refractivity contribution in [3.8, 4) is 16.8 Å². The van der Waals surface area contributed by atoms with Crippen molar-refractivity contribution in [1.29, 1.82) is 0 Å². The van der Waals surface area contributed by atoms with Gasteiger partial charge in [-0.25, -0.2) is 4.68 Å². The Balaban J connectivity index is 1.54. The van der Waals surface area contributed by atoms with Crippen molar-refractivity contribution in [1.82, 2.24) is 30.1 Å². The Bertz CT molecular complexity index is 1430. The first-order chi connectivity index (χ1) is 16.6. The normalized spacial score (nSPS) is 11.9. The molecular weight excluding hydrogens is 428 g/mol. The van der Waals surface area contributed by atoms with Gasteiger partial charge in [-0.2, -0.15) is 0 Å². The maximum atomic E-state index is 13.4. The van der Waals surface area contributed by atoms with Crippen LogP contribution in [-0.4, -0.2) is 54.7 Å². The molecule has 5 rings (SSSR count). The van der Waals surface area contributed by atoms with E-state index in [4.69, 9.17) is 0 Å². The van der Waals surface area contributed by atoms with Gasteiger partial charge in [-0.1, -0.05) is 54.6 Å². The minimum atomic E-state index is -0.792. The molecule has 2 heterocycles. The van der Waals surface area contributed by atoms with Gasteiger partial charge in [-0.05, 0) is 45.8 Å². The molecule has 1 amide bonds. The third-order valence-corrected chi connectivity index (χ3v) is 5.70. The largest absolute Gasteiger partial charge is 0.387 e. The zero-order valence-corrected chi connectivity index (χ0v) is 18.5. The Morgan fingerprint density at radius 2 is 1.85 bits per heavy atom. The van der Waals surface area contributed by atoms with Gasteiger partial charge in [0.05, 0.1) is 23.9 Å². The second kappa shape index (κ2) is 9.21. The fourth-order valence-electron chi connectivity index (χ4n) is 3.98. The zero-order valence-electron chi connectivity index (χ0n) is 18.5. The maximum Gasteiger partial charge on any atom is 0.253 e. The Morgan fingerprint density at radius 1 is 1.03 bits per heavy atom. The molecule has 0 bridgehead atoms. The predicted molar refractivity (Wildman–Crippen MR) is 128 cm³/mol. The van der Waals surface area contributed by atoms with Crippen LogP contribution in [-0.2, 0) is 0 Å². The average Bonchev–Trinajstić information content (AvgIpc) is 3.43. The average molecular weight is 451 g/mol. The van der Waals surface area contributed by atoms with E-state index in [0.29, 0.717) is 11.3 Å². The van der Waals surface area contributed by atoms with Gasteiger partial charge in [0.25, 0.3) is 5.91 Å². The number of nitrogens with zero attached hydrogens (tertiary/aromatic N) is 6. The fourth-order valence-corrected chi connectivity index (χ4v) is 3.98. The lowest BCUT2D eigenvalue weighted by molar-refractivity contribution is 0.0681. The van der Waals surface area contributed by atoms with Gasteiger partial charge in [-0.3, -0.25) is 9.78 Å². The number of fused-ring (bicyclic) bond motifs is 1. The minimum Gasteiger partial charge on any atom is -0.387 e. The smallest absolute Gasteiger partial charge is 0.253 e. The number of benzene rings is 3. The summed E-state index contributed by atoms with van der Waals surface area (Å²) in [5, 5.41) is 23.1. The number of para-hydroxylation sites is 1. The van der Waals surface area contributed by atoms with Crippen LogP contribution >= 0.6 is 0 Å². The molecule has 0 aliphatic carbocycles. The number of pyridine rings is 1. The molecule has 0 fully saturated rings. The van der Waals surface area contributed by atoms with Crippen LogP contribution in [0.1, 0.15) is 22.0 Å². The minimum absolute atomic E-state index is 0.156. The molecular formula is C26H22N6O2. The molecule has 0 saturated carbocycles. The summed E-state index contributed by atoms with van der Waals surface area (Å²) < 4.78 is 1.51. The van der Waals surface area contributed by atoms with Crippen molar-refractivity contribution in [2.24, 2.45) is 0 Å². The first kappa shape index (κ1) is 21.4. The molecule has 34 heavy (non-hydrogen) atoms. The molecule has 8 nitrogen and oxygen atoms in total. The van der Waals surface area contributed by atoms with E-state index < -0.39 is 6.10 Å². The number of hydrogen-bond donors (Lipinski definition) is 1. The van der Waals surface area contributed by atoms with Crippen LogP contribution in [0.2, 0.25) is 0 Å². The number of rotatable bonds is 6. The third-order valence-electron chi connectivity index (χ3n) is 5.70. The van der Waals surface area contributed by atoms with E-state index in [2.05, 4.69) is 20.5 Å². The SMILES string of the molecule is CN(CC(O)c1ccccc1)C(=O)c1cc(-c2cccc3cccnc23)cc(-n2cnnn2)c1. The monoisotopic (exact) mass is 450 g/mol. The molecule has 0 aliphatic rings. The first-order valence-corrected chi connectivity index (χ1v) is 10.8. The lowest BCUT2D eigenvalue weighted by Crippen LogP contribution is -2.31. The Labute approximate surface area is 196 Å². The Hall–Kier alpha value is -4.43. The van der Waals surface area contributed by atoms with E-state index in [0.717, 1.165) is 27.6 Å². The number of amides is 1. The molecule has 5 aromatic rings. The van der Waals surface area contributed by atoms with Crippen LogP contribution in [0.4, 0.5) is 0 Å². The standard InChI is InChI=1S/C26H22N6O2/c1-31(16-24(33)18-7-3-2-4-8-18)26(34)21-13-20(14-22(15-21)32-17-28-29-30-32)23-11-5-9-19-10-6-12-27-25(19)23/h2-15,17,24,33H,16H2,1H3. The zero-order chi connectivity index (χ0) is 23.5. The van der Waals surface area contributed by atoms with E-state index in [1.807, 2.05) is 72.8 Å². The summed E-state index contributed by atoms with van der Waals surface area (Å²) in [5.74, 6) is -0.223. The number of aromatic nitrogens is 5. The van der Waals surface area contributed by atoms with Gasteiger partial charge >= 0.3 is 0 Å². The lowest BCUT2D eigenvalue weighted by Gasteiger charge is -2.22. The Morgan fingerprint density at radius 3 is 2.65 bits per heavy atom. The molecule has 1 N–H and O–H groups in total. The summed E-state index contributed by atoms with van der Waals surface area (Å²) in [6.45, 7) is 0.156. The molecule has 0 aliphatic heterocycles. The highest BCUT2D eigenvalue weighted by Crippen LogP contribution is 2.30. The van der Waals surface area contributed by atoms with Gasteiger partial charge in [0.2, 0.25) is 0 Å². The van der Waals surface area contributed by atoms with Crippen LogP contribution < -0.4 is 0 Å². The Kier molecular flexibility index (Phi) is 5.80. The van der Waals surface area contributed by atoms with Crippen molar-refractivity contribution in [2.45, 2.75) is 6.10 Å². The van der Waals surface area contributed by atoms with Crippen LogP contribution in [0.5, 0.6) is 0 Å². The van der Waals surface area contributed by atoms with Crippen molar-refractivity contribution in [3.63, 3.8) is 0 Å². The molecule has 0 spiro atoms. The summed E-state index contributed by atoms with van der Waals surface area (Å²) in [6, 6.07) is 24.6. The van der Waals surface area contributed by atoms with Crippen molar-refractivity contribution in [2.75, 3.05) is 13.6 Å². The maximum absolute atomic E-state index is 13.4. The molecule has 0 radical (unpaired) electrons. The van der Waals surface area contributed by atoms with Crippen molar-refractivity contribution in [3.05, 3.63) is 103 Å². The van der Waals surface area contributed by atoms with Gasteiger partial charge < -0.3 is 10.0 Å². The summed E-state index contributed by atoms with van der Waals surface area (Å²) in [4.78, 5) is 19.5. The van der Waals surface area contributed by atoms with E-state index in [9.17, 15) is 9.90 Å². The number of tetrazole rings is 1. The highest BCUT2D eigenvalue weighted by Gasteiger charge is 2.19. The van der Waals surface area contributed by atoms with Crippen molar-refractivity contribution >= 4 is 16.8 Å². The molecule has 3 aromatic carbocycles. The summed E-state index contributed by atoms with van der Waals surface area (Å²) in [5.41, 5.74) is 4.42. The molecule has 1 atom stereocenters. The molecule has 1 unspecified atom stereocenters. The van der Waals surface area contributed by atoms with Crippen molar-refractivity contribution < 1.29 is 9.90 Å². The van der Waals surface area contributed by atoms with Gasteiger partial charge in [0.1, 0.15) is 6.33 Å². The summed E-state index contributed by atoms with van der Waals surface area (Å²) in [6.07, 6.45) is 2.44. The number of likely N-dealkylation sites (N-methyl/N-ethyl adjacent to an activating group) is 1. The number of carbonyl (C=O) groups excluding carboxylic acids is 1. The topological polar surface area (TPSA) is 97.0 Å². The second-order valence-corrected chi connectivity index (χ2v) is 8.02. The summed E-state index contributed by atoms with van der Waals surface area (Å²) >= 11 is 0. The van der Waals surface area contributed by atoms with E-state index >= 15 is 0 Å². The van der Waals surface area contributed by atoms with Gasteiger partial charge in [0, 0.05) is 29.8 Å². The number of carbonyl (C=O) groups is 1. The molecule has 168 valence electrons. The van der Waals surface area contributed by atoms with Gasteiger partial charge in [0.15, 0.2) is 0 Å². The summed E-state index contributed by atoms with van der Waals surface area (Å²) in [7, 11) is 1.68. The molecule has 8 heteroatoms. The number of aliphatic hydroxyl groups excluding tert-OH is 1.